The number of nitrogens with zero attached hydrogens (tertiary/aromatic N) is 1. The number of allylic oxidation sites excluding steroid dienone is 1. The summed E-state index contributed by atoms with van der Waals surface area (Å²) in [7, 11) is 4.19. The first-order chi connectivity index (χ1) is 5.83. The lowest BCUT2D eigenvalue weighted by Crippen LogP contribution is -2.13. The third kappa shape index (κ3) is 3.37. The fraction of sp³-hybridized carbons (Fsp3) is 0.800. The van der Waals surface area contributed by atoms with E-state index in [0.717, 1.165) is 12.5 Å². The maximum absolute atomic E-state index is 3.10. The highest BCUT2D eigenvalue weighted by Gasteiger charge is 2.17. The van der Waals surface area contributed by atoms with Crippen LogP contribution in [0, 0.1) is 5.92 Å². The predicted octanol–water partition coefficient (Wildman–Crippen LogP) is 1.10. The van der Waals surface area contributed by atoms with Crippen molar-refractivity contribution in [3.05, 3.63) is 12.2 Å². The van der Waals surface area contributed by atoms with E-state index in [1.54, 1.807) is 0 Å². The quantitative estimate of drug-likeness (QED) is 0.632. The maximum atomic E-state index is 3.10. The summed E-state index contributed by atoms with van der Waals surface area (Å²) in [6.07, 6.45) is 7.16. The number of likely N-dealkylation sites (tertiary alicyclic amines) is 1. The van der Waals surface area contributed by atoms with Crippen LogP contribution in [0.4, 0.5) is 0 Å². The second-order valence-electron chi connectivity index (χ2n) is 3.68. The van der Waals surface area contributed by atoms with E-state index in [1.807, 2.05) is 7.05 Å². The van der Waals surface area contributed by atoms with Gasteiger partial charge >= 0.3 is 0 Å². The van der Waals surface area contributed by atoms with Gasteiger partial charge in [-0.05, 0) is 39.4 Å². The topological polar surface area (TPSA) is 15.3 Å². The molecule has 1 atom stereocenters. The molecule has 1 saturated heterocycles. The first kappa shape index (κ1) is 9.75. The zero-order valence-electron chi connectivity index (χ0n) is 8.21. The maximum Gasteiger partial charge on any atom is 0.0131 e. The van der Waals surface area contributed by atoms with Crippen LogP contribution in [0.5, 0.6) is 0 Å². The van der Waals surface area contributed by atoms with Crippen molar-refractivity contribution in [3.8, 4) is 0 Å². The Hall–Kier alpha value is -0.340. The van der Waals surface area contributed by atoms with Crippen molar-refractivity contribution >= 4 is 0 Å². The Balaban J connectivity index is 2.07. The van der Waals surface area contributed by atoms with E-state index in [9.17, 15) is 0 Å². The molecule has 0 aromatic heterocycles. The van der Waals surface area contributed by atoms with E-state index >= 15 is 0 Å². The Morgan fingerprint density at radius 3 is 2.92 bits per heavy atom. The third-order valence-electron chi connectivity index (χ3n) is 2.45. The molecule has 12 heavy (non-hydrogen) atoms. The lowest BCUT2D eigenvalue weighted by atomic mass is 10.1. The van der Waals surface area contributed by atoms with Gasteiger partial charge in [0.25, 0.3) is 0 Å². The highest BCUT2D eigenvalue weighted by atomic mass is 15.1. The van der Waals surface area contributed by atoms with E-state index in [4.69, 9.17) is 0 Å². The van der Waals surface area contributed by atoms with Crippen LogP contribution in [0.25, 0.3) is 0 Å². The summed E-state index contributed by atoms with van der Waals surface area (Å²) in [6.45, 7) is 3.57. The Morgan fingerprint density at radius 1 is 1.50 bits per heavy atom. The molecule has 0 bridgehead atoms. The third-order valence-corrected chi connectivity index (χ3v) is 2.45. The lowest BCUT2D eigenvalue weighted by Gasteiger charge is -2.06. The highest BCUT2D eigenvalue weighted by molar-refractivity contribution is 4.87. The molecule has 2 nitrogen and oxygen atoms in total. The van der Waals surface area contributed by atoms with Gasteiger partial charge in [0, 0.05) is 13.1 Å². The number of hydrogen-bond donors (Lipinski definition) is 1. The van der Waals surface area contributed by atoms with Gasteiger partial charge in [0.15, 0.2) is 0 Å². The summed E-state index contributed by atoms with van der Waals surface area (Å²) >= 11 is 0. The summed E-state index contributed by atoms with van der Waals surface area (Å²) in [6, 6.07) is 0. The average Bonchev–Trinajstić information content (AvgIpc) is 2.45. The standard InChI is InChI=1S/C10H20N2/c1-11-7-4-3-5-10-6-8-12(2)9-10/h3-4,10-11H,5-9H2,1-2H3/b4-3-. The zero-order chi connectivity index (χ0) is 8.81. The van der Waals surface area contributed by atoms with Gasteiger partial charge in [0.1, 0.15) is 0 Å². The van der Waals surface area contributed by atoms with E-state index in [2.05, 4.69) is 29.4 Å². The smallest absolute Gasteiger partial charge is 0.0131 e. The number of rotatable bonds is 4. The molecule has 0 radical (unpaired) electrons. The molecule has 0 spiro atoms. The van der Waals surface area contributed by atoms with Crippen LogP contribution in [0.1, 0.15) is 12.8 Å². The van der Waals surface area contributed by atoms with Gasteiger partial charge in [-0.3, -0.25) is 0 Å². The van der Waals surface area contributed by atoms with Gasteiger partial charge in [-0.25, -0.2) is 0 Å². The normalized spacial score (nSPS) is 25.7. The Morgan fingerprint density at radius 2 is 2.33 bits per heavy atom. The molecule has 0 aromatic carbocycles. The minimum Gasteiger partial charge on any atom is -0.316 e. The van der Waals surface area contributed by atoms with Crippen molar-refractivity contribution in [1.29, 1.82) is 0 Å². The molecule has 70 valence electrons. The van der Waals surface area contributed by atoms with Crippen molar-refractivity contribution in [2.24, 2.45) is 5.92 Å². The lowest BCUT2D eigenvalue weighted by molar-refractivity contribution is 0.396. The van der Waals surface area contributed by atoms with Crippen LogP contribution in [-0.2, 0) is 0 Å². The molecule has 0 saturated carbocycles. The van der Waals surface area contributed by atoms with Crippen LogP contribution < -0.4 is 5.32 Å². The number of nitrogens with one attached hydrogen (secondary N) is 1. The molecule has 1 rings (SSSR count). The van der Waals surface area contributed by atoms with Crippen molar-refractivity contribution in [2.45, 2.75) is 12.8 Å². The molecule has 1 heterocycles. The summed E-state index contributed by atoms with van der Waals surface area (Å²) in [5.41, 5.74) is 0. The van der Waals surface area contributed by atoms with Gasteiger partial charge in [0.05, 0.1) is 0 Å². The van der Waals surface area contributed by atoms with Crippen molar-refractivity contribution in [2.75, 3.05) is 33.7 Å². The summed E-state index contributed by atoms with van der Waals surface area (Å²) in [5, 5.41) is 3.10. The minimum absolute atomic E-state index is 0.906. The van der Waals surface area contributed by atoms with Crippen molar-refractivity contribution in [1.82, 2.24) is 10.2 Å². The molecule has 0 aromatic rings. The summed E-state index contributed by atoms with van der Waals surface area (Å²) in [4.78, 5) is 2.41. The first-order valence-electron chi connectivity index (χ1n) is 4.81. The van der Waals surface area contributed by atoms with Crippen molar-refractivity contribution in [3.63, 3.8) is 0 Å². The minimum atomic E-state index is 0.906. The molecule has 1 aliphatic rings. The molecular weight excluding hydrogens is 148 g/mol. The summed E-state index contributed by atoms with van der Waals surface area (Å²) in [5.74, 6) is 0.906. The van der Waals surface area contributed by atoms with Crippen LogP contribution in [-0.4, -0.2) is 38.6 Å². The number of likely N-dealkylation sites (N-methyl/N-ethyl adjacent to an activating group) is 1. The molecule has 1 unspecified atom stereocenters. The SMILES string of the molecule is CNC/C=C\CC1CCN(C)C1. The Kier molecular flexibility index (Phi) is 4.33. The van der Waals surface area contributed by atoms with Gasteiger partial charge in [-0.2, -0.15) is 0 Å². The molecule has 1 fully saturated rings. The van der Waals surface area contributed by atoms with Crippen LogP contribution >= 0.6 is 0 Å². The van der Waals surface area contributed by atoms with Crippen LogP contribution in [0.3, 0.4) is 0 Å². The van der Waals surface area contributed by atoms with Crippen LogP contribution in [0.2, 0.25) is 0 Å². The molecule has 0 aliphatic carbocycles. The largest absolute Gasteiger partial charge is 0.316 e. The first-order valence-corrected chi connectivity index (χ1v) is 4.81. The van der Waals surface area contributed by atoms with Gasteiger partial charge < -0.3 is 10.2 Å². The van der Waals surface area contributed by atoms with E-state index in [-0.39, 0.29) is 0 Å². The fourth-order valence-corrected chi connectivity index (χ4v) is 1.71. The second kappa shape index (κ2) is 5.33. The Labute approximate surface area is 75.6 Å². The van der Waals surface area contributed by atoms with E-state index in [1.165, 1.54) is 25.9 Å². The average molecular weight is 168 g/mol. The predicted molar refractivity (Wildman–Crippen MR) is 53.3 cm³/mol. The van der Waals surface area contributed by atoms with Crippen molar-refractivity contribution < 1.29 is 0 Å². The molecule has 2 heteroatoms. The zero-order valence-corrected chi connectivity index (χ0v) is 8.21. The number of hydrogen-bond acceptors (Lipinski definition) is 2. The Bertz CT molecular complexity index is 143. The monoisotopic (exact) mass is 168 g/mol. The molecule has 1 aliphatic heterocycles. The van der Waals surface area contributed by atoms with Gasteiger partial charge in [-0.15, -0.1) is 0 Å². The van der Waals surface area contributed by atoms with Gasteiger partial charge in [-0.1, -0.05) is 12.2 Å². The summed E-state index contributed by atoms with van der Waals surface area (Å²) < 4.78 is 0. The fourth-order valence-electron chi connectivity index (χ4n) is 1.71. The molecule has 1 N–H and O–H groups in total. The molecule has 0 amide bonds. The second-order valence-corrected chi connectivity index (χ2v) is 3.68. The van der Waals surface area contributed by atoms with Crippen LogP contribution in [0.15, 0.2) is 12.2 Å². The van der Waals surface area contributed by atoms with E-state index < -0.39 is 0 Å². The molecular formula is C10H20N2. The van der Waals surface area contributed by atoms with E-state index in [0.29, 0.717) is 0 Å². The van der Waals surface area contributed by atoms with Gasteiger partial charge in [0.2, 0.25) is 0 Å². The highest BCUT2D eigenvalue weighted by Crippen LogP contribution is 2.17.